The van der Waals surface area contributed by atoms with E-state index in [2.05, 4.69) is 11.6 Å². The number of aliphatic imine (C=N–C) groups is 1. The number of allylic oxidation sites excluding steroid dienone is 5. The van der Waals surface area contributed by atoms with Crippen molar-refractivity contribution < 1.29 is 9.59 Å². The second-order valence-electron chi connectivity index (χ2n) is 7.00. The van der Waals surface area contributed by atoms with Crippen LogP contribution >= 0.6 is 0 Å². The van der Waals surface area contributed by atoms with Gasteiger partial charge in [0, 0.05) is 33.9 Å². The maximum atomic E-state index is 13.2. The van der Waals surface area contributed by atoms with Gasteiger partial charge in [-0.25, -0.2) is 0 Å². The molecule has 0 bridgehead atoms. The zero-order chi connectivity index (χ0) is 19.1. The topological polar surface area (TPSA) is 46.5 Å². The van der Waals surface area contributed by atoms with E-state index in [4.69, 9.17) is 0 Å². The third kappa shape index (κ3) is 2.81. The zero-order valence-electron chi connectivity index (χ0n) is 15.3. The van der Waals surface area contributed by atoms with Crippen LogP contribution in [0.3, 0.4) is 0 Å². The summed E-state index contributed by atoms with van der Waals surface area (Å²) < 4.78 is 0. The fourth-order valence-electron chi connectivity index (χ4n) is 3.54. The molecule has 2 aromatic rings. The van der Waals surface area contributed by atoms with Crippen LogP contribution in [0, 0.1) is 0 Å². The van der Waals surface area contributed by atoms with Crippen molar-refractivity contribution in [1.82, 2.24) is 0 Å². The molecule has 132 valence electrons. The number of Topliss-reactive ketones (excluding diaryl/α,β-unsaturated/α-hetero) is 2. The van der Waals surface area contributed by atoms with Crippen LogP contribution in [0.25, 0.3) is 5.57 Å². The monoisotopic (exact) mass is 353 g/mol. The quantitative estimate of drug-likeness (QED) is 0.775. The molecule has 0 fully saturated rings. The van der Waals surface area contributed by atoms with Gasteiger partial charge in [0.2, 0.25) is 0 Å². The van der Waals surface area contributed by atoms with E-state index in [-0.39, 0.29) is 17.6 Å². The van der Waals surface area contributed by atoms with Gasteiger partial charge in [0.05, 0.1) is 5.71 Å². The van der Waals surface area contributed by atoms with Crippen molar-refractivity contribution in [2.24, 2.45) is 4.99 Å². The van der Waals surface area contributed by atoms with Gasteiger partial charge in [0.25, 0.3) is 0 Å². The van der Waals surface area contributed by atoms with E-state index in [0.717, 1.165) is 22.4 Å². The fourth-order valence-corrected chi connectivity index (χ4v) is 3.54. The molecule has 0 N–H and O–H groups in total. The van der Waals surface area contributed by atoms with Gasteiger partial charge in [-0.15, -0.1) is 0 Å². The van der Waals surface area contributed by atoms with E-state index >= 15 is 0 Å². The number of hydrogen-bond donors (Lipinski definition) is 0. The summed E-state index contributed by atoms with van der Waals surface area (Å²) in [5, 5.41) is 0. The number of carbonyl (C=O) groups is 2. The smallest absolute Gasteiger partial charge is 0.194 e. The van der Waals surface area contributed by atoms with Crippen molar-refractivity contribution in [3.63, 3.8) is 0 Å². The van der Waals surface area contributed by atoms with Crippen LogP contribution in [0.4, 0.5) is 0 Å². The van der Waals surface area contributed by atoms with Crippen molar-refractivity contribution in [2.45, 2.75) is 19.9 Å². The molecule has 0 amide bonds. The number of rotatable bonds is 2. The minimum absolute atomic E-state index is 0.0745. The van der Waals surface area contributed by atoms with E-state index in [1.807, 2.05) is 50.2 Å². The molecule has 3 heteroatoms. The molecule has 2 aromatic carbocycles. The van der Waals surface area contributed by atoms with Gasteiger partial charge < -0.3 is 0 Å². The second kappa shape index (κ2) is 6.44. The molecule has 0 heterocycles. The highest BCUT2D eigenvalue weighted by atomic mass is 16.1. The minimum Gasteiger partial charge on any atom is -0.289 e. The second-order valence-corrected chi connectivity index (χ2v) is 7.00. The van der Waals surface area contributed by atoms with Gasteiger partial charge in [0.15, 0.2) is 11.6 Å². The van der Waals surface area contributed by atoms with Gasteiger partial charge in [-0.05, 0) is 37.1 Å². The predicted octanol–water partition coefficient (Wildman–Crippen LogP) is 4.84. The van der Waals surface area contributed by atoms with Crippen molar-refractivity contribution in [3.05, 3.63) is 101 Å². The van der Waals surface area contributed by atoms with Gasteiger partial charge >= 0.3 is 0 Å². The van der Waals surface area contributed by atoms with Crippen LogP contribution in [0.15, 0.2) is 83.4 Å². The summed E-state index contributed by atoms with van der Waals surface area (Å²) >= 11 is 0. The highest BCUT2D eigenvalue weighted by Gasteiger charge is 2.32. The molecule has 3 nitrogen and oxygen atoms in total. The average molecular weight is 353 g/mol. The lowest BCUT2D eigenvalue weighted by Gasteiger charge is -2.23. The molecule has 2 aliphatic rings. The highest BCUT2D eigenvalue weighted by molar-refractivity contribution is 6.33. The van der Waals surface area contributed by atoms with Crippen molar-refractivity contribution >= 4 is 22.9 Å². The molecule has 0 radical (unpaired) electrons. The molecular formula is C24H19NO2. The Kier molecular flexibility index (Phi) is 4.08. The van der Waals surface area contributed by atoms with E-state index in [0.29, 0.717) is 22.3 Å². The van der Waals surface area contributed by atoms with E-state index in [9.17, 15) is 9.59 Å². The largest absolute Gasteiger partial charge is 0.289 e. The minimum atomic E-state index is -0.153. The number of benzene rings is 2. The Bertz CT molecular complexity index is 1100. The lowest BCUT2D eigenvalue weighted by molar-refractivity contribution is 0.0996. The molecule has 4 rings (SSSR count). The molecule has 0 atom stereocenters. The van der Waals surface area contributed by atoms with Gasteiger partial charge in [-0.1, -0.05) is 55.1 Å². The Labute approximate surface area is 158 Å². The predicted molar refractivity (Wildman–Crippen MR) is 108 cm³/mol. The van der Waals surface area contributed by atoms with Crippen LogP contribution in [0.5, 0.6) is 0 Å². The van der Waals surface area contributed by atoms with Crippen molar-refractivity contribution in [1.29, 1.82) is 0 Å². The highest BCUT2D eigenvalue weighted by Crippen LogP contribution is 2.34. The fraction of sp³-hybridized carbons (Fsp3) is 0.125. The van der Waals surface area contributed by atoms with Crippen molar-refractivity contribution in [2.75, 3.05) is 0 Å². The van der Waals surface area contributed by atoms with E-state index in [1.54, 1.807) is 24.3 Å². The van der Waals surface area contributed by atoms with Gasteiger partial charge in [-0.3, -0.25) is 14.6 Å². The number of ketones is 2. The Morgan fingerprint density at radius 2 is 1.22 bits per heavy atom. The van der Waals surface area contributed by atoms with Gasteiger partial charge in [0.1, 0.15) is 0 Å². The Balaban J connectivity index is 1.90. The molecule has 0 spiro atoms. The standard InChI is InChI=1S/C24H19NO2/c1-14(2)25-22-13-21(24(27)19-11-7-5-9-17(19)22)20-12-15(3)16-8-4-6-10-18(16)23(20)26/h4-14H,3H2,1-2H3. The molecule has 0 saturated carbocycles. The molecule has 27 heavy (non-hydrogen) atoms. The first-order valence-corrected chi connectivity index (χ1v) is 8.96. The third-order valence-corrected chi connectivity index (χ3v) is 4.74. The summed E-state index contributed by atoms with van der Waals surface area (Å²) in [4.78, 5) is 30.9. The number of carbonyl (C=O) groups excluding carboxylic acids is 2. The number of hydrogen-bond acceptors (Lipinski definition) is 3. The van der Waals surface area contributed by atoms with E-state index in [1.165, 1.54) is 0 Å². The van der Waals surface area contributed by atoms with Crippen LogP contribution in [0.2, 0.25) is 0 Å². The lowest BCUT2D eigenvalue weighted by Crippen LogP contribution is -2.23. The van der Waals surface area contributed by atoms with Crippen LogP contribution in [-0.2, 0) is 0 Å². The first-order chi connectivity index (χ1) is 13.0. The zero-order valence-corrected chi connectivity index (χ0v) is 15.3. The molecule has 0 aromatic heterocycles. The molecular weight excluding hydrogens is 334 g/mol. The summed E-state index contributed by atoms with van der Waals surface area (Å²) in [5.74, 6) is -0.305. The third-order valence-electron chi connectivity index (χ3n) is 4.74. The van der Waals surface area contributed by atoms with Gasteiger partial charge in [-0.2, -0.15) is 0 Å². The maximum Gasteiger partial charge on any atom is 0.194 e. The van der Waals surface area contributed by atoms with E-state index < -0.39 is 0 Å². The summed E-state index contributed by atoms with van der Waals surface area (Å²) in [7, 11) is 0. The molecule has 2 aliphatic carbocycles. The summed E-state index contributed by atoms with van der Waals surface area (Å²) in [6, 6.07) is 14.8. The number of fused-ring (bicyclic) bond motifs is 2. The molecule has 0 aliphatic heterocycles. The summed E-state index contributed by atoms with van der Waals surface area (Å²) in [6.45, 7) is 8.05. The SMILES string of the molecule is C=C1C=C(C2=CC(=NC(C)C)c3ccccc3C2=O)C(=O)c2ccccc21. The van der Waals surface area contributed by atoms with Crippen LogP contribution in [0.1, 0.15) is 45.7 Å². The summed E-state index contributed by atoms with van der Waals surface area (Å²) in [5.41, 5.74) is 5.00. The van der Waals surface area contributed by atoms with Crippen LogP contribution in [-0.4, -0.2) is 23.3 Å². The first kappa shape index (κ1) is 17.1. The molecule has 0 unspecified atom stereocenters. The Morgan fingerprint density at radius 3 is 1.81 bits per heavy atom. The van der Waals surface area contributed by atoms with Crippen LogP contribution < -0.4 is 0 Å². The van der Waals surface area contributed by atoms with Crippen molar-refractivity contribution in [3.8, 4) is 0 Å². The normalized spacial score (nSPS) is 17.6. The lowest BCUT2D eigenvalue weighted by atomic mass is 9.79. The number of nitrogens with zero attached hydrogens (tertiary/aromatic N) is 1. The first-order valence-electron chi connectivity index (χ1n) is 8.96. The Hall–Kier alpha value is -3.33. The summed E-state index contributed by atoms with van der Waals surface area (Å²) in [6.07, 6.45) is 3.46. The average Bonchev–Trinajstić information content (AvgIpc) is 2.67. The molecule has 0 saturated heterocycles. The maximum absolute atomic E-state index is 13.2. The Morgan fingerprint density at radius 1 is 0.741 bits per heavy atom.